The number of allylic oxidation sites excluding steroid dienone is 1. The quantitative estimate of drug-likeness (QED) is 0.455. The summed E-state index contributed by atoms with van der Waals surface area (Å²) < 4.78 is 11.0. The molecule has 1 unspecified atom stereocenters. The summed E-state index contributed by atoms with van der Waals surface area (Å²) in [6.07, 6.45) is 1.64. The molecule has 1 aromatic carbocycles. The summed E-state index contributed by atoms with van der Waals surface area (Å²) in [5, 5.41) is 22.1. The summed E-state index contributed by atoms with van der Waals surface area (Å²) in [7, 11) is 1.57. The second kappa shape index (κ2) is 9.46. The molecule has 0 fully saturated rings. The molecule has 3 N–H and O–H groups in total. The van der Waals surface area contributed by atoms with Gasteiger partial charge >= 0.3 is 0 Å². The molecule has 1 atom stereocenters. The van der Waals surface area contributed by atoms with Crippen LogP contribution in [-0.4, -0.2) is 36.3 Å². The van der Waals surface area contributed by atoms with Crippen LogP contribution in [0.25, 0.3) is 0 Å². The zero-order valence-corrected chi connectivity index (χ0v) is 13.6. The molecule has 0 amide bonds. The van der Waals surface area contributed by atoms with Gasteiger partial charge in [0, 0.05) is 31.2 Å². The van der Waals surface area contributed by atoms with E-state index in [9.17, 15) is 5.11 Å². The highest BCUT2D eigenvalue weighted by molar-refractivity contribution is 5.50. The van der Waals surface area contributed by atoms with Crippen LogP contribution in [-0.2, 0) is 13.0 Å². The first kappa shape index (κ1) is 18.5. The van der Waals surface area contributed by atoms with Crippen molar-refractivity contribution in [3.8, 4) is 11.5 Å². The van der Waals surface area contributed by atoms with E-state index in [0.717, 1.165) is 17.5 Å². The maximum absolute atomic E-state index is 9.82. The monoisotopic (exact) mass is 309 g/mol. The van der Waals surface area contributed by atoms with Crippen molar-refractivity contribution in [1.82, 2.24) is 5.32 Å². The predicted molar refractivity (Wildman–Crippen MR) is 87.2 cm³/mol. The van der Waals surface area contributed by atoms with Crippen LogP contribution in [0.2, 0.25) is 0 Å². The van der Waals surface area contributed by atoms with E-state index in [4.69, 9.17) is 14.6 Å². The normalized spacial score (nSPS) is 12.3. The maximum Gasteiger partial charge on any atom is 0.199 e. The smallest absolute Gasteiger partial charge is 0.199 e. The molecule has 0 saturated carbocycles. The summed E-state index contributed by atoms with van der Waals surface area (Å²) in [5.74, 6) is 1.07. The molecular formula is C17H27NO4. The topological polar surface area (TPSA) is 71.0 Å². The van der Waals surface area contributed by atoms with Gasteiger partial charge < -0.3 is 25.0 Å². The fourth-order valence-corrected chi connectivity index (χ4v) is 2.04. The Morgan fingerprint density at radius 2 is 2.09 bits per heavy atom. The lowest BCUT2D eigenvalue weighted by Crippen LogP contribution is -2.24. The molecule has 1 aromatic rings. The van der Waals surface area contributed by atoms with Crippen molar-refractivity contribution in [1.29, 1.82) is 0 Å². The van der Waals surface area contributed by atoms with Crippen molar-refractivity contribution in [3.63, 3.8) is 0 Å². The Morgan fingerprint density at radius 3 is 2.64 bits per heavy atom. The lowest BCUT2D eigenvalue weighted by atomic mass is 10.1. The van der Waals surface area contributed by atoms with Crippen LogP contribution in [0.3, 0.4) is 0 Å². The predicted octanol–water partition coefficient (Wildman–Crippen LogP) is 2.00. The molecule has 0 aliphatic carbocycles. The van der Waals surface area contributed by atoms with E-state index in [1.807, 2.05) is 18.2 Å². The van der Waals surface area contributed by atoms with Gasteiger partial charge in [0.05, 0.1) is 7.11 Å². The van der Waals surface area contributed by atoms with Gasteiger partial charge in [-0.1, -0.05) is 26.0 Å². The maximum atomic E-state index is 9.82. The van der Waals surface area contributed by atoms with E-state index in [0.29, 0.717) is 24.1 Å². The van der Waals surface area contributed by atoms with Crippen LogP contribution in [0, 0.1) is 0 Å². The number of methoxy groups -OCH3 is 1. The first-order valence-electron chi connectivity index (χ1n) is 7.51. The summed E-state index contributed by atoms with van der Waals surface area (Å²) in [6.45, 7) is 8.33. The molecule has 0 heterocycles. The Balaban J connectivity index is 3.13. The molecule has 0 aromatic heterocycles. The van der Waals surface area contributed by atoms with Crippen molar-refractivity contribution >= 4 is 0 Å². The van der Waals surface area contributed by atoms with Crippen molar-refractivity contribution in [2.24, 2.45) is 0 Å². The number of aliphatic hydroxyl groups is 2. The molecule has 22 heavy (non-hydrogen) atoms. The molecule has 0 bridgehead atoms. The number of hydrogen-bond donors (Lipinski definition) is 3. The lowest BCUT2D eigenvalue weighted by Gasteiger charge is -2.20. The minimum Gasteiger partial charge on any atom is -0.493 e. The van der Waals surface area contributed by atoms with E-state index in [-0.39, 0.29) is 13.0 Å². The number of ether oxygens (including phenoxy) is 2. The van der Waals surface area contributed by atoms with Gasteiger partial charge in [-0.15, -0.1) is 6.58 Å². The lowest BCUT2D eigenvalue weighted by molar-refractivity contribution is -0.0347. The van der Waals surface area contributed by atoms with Gasteiger partial charge in [-0.2, -0.15) is 0 Å². The Hall–Kier alpha value is -1.56. The SMILES string of the molecule is C=CCc1cc(CNC(C)C)c(OC(O)CCO)c(OC)c1. The van der Waals surface area contributed by atoms with Gasteiger partial charge in [0.2, 0.25) is 0 Å². The van der Waals surface area contributed by atoms with Crippen LogP contribution in [0.4, 0.5) is 0 Å². The Kier molecular flexibility index (Phi) is 7.95. The van der Waals surface area contributed by atoms with E-state index in [2.05, 4.69) is 25.7 Å². The molecule has 5 nitrogen and oxygen atoms in total. The molecule has 0 saturated heterocycles. The highest BCUT2D eigenvalue weighted by Crippen LogP contribution is 2.34. The summed E-state index contributed by atoms with van der Waals surface area (Å²) in [5.41, 5.74) is 1.97. The van der Waals surface area contributed by atoms with E-state index < -0.39 is 6.29 Å². The number of aliphatic hydroxyl groups excluding tert-OH is 2. The van der Waals surface area contributed by atoms with Gasteiger partial charge in [0.25, 0.3) is 0 Å². The highest BCUT2D eigenvalue weighted by Gasteiger charge is 2.16. The second-order valence-electron chi connectivity index (χ2n) is 5.40. The summed E-state index contributed by atoms with van der Waals surface area (Å²) in [4.78, 5) is 0. The summed E-state index contributed by atoms with van der Waals surface area (Å²) >= 11 is 0. The number of benzene rings is 1. The van der Waals surface area contributed by atoms with Crippen LogP contribution in [0.5, 0.6) is 11.5 Å². The zero-order valence-electron chi connectivity index (χ0n) is 13.6. The van der Waals surface area contributed by atoms with Crippen LogP contribution in [0.15, 0.2) is 24.8 Å². The Bertz CT molecular complexity index is 474. The number of nitrogens with one attached hydrogen (secondary N) is 1. The Labute approximate surface area is 132 Å². The first-order chi connectivity index (χ1) is 10.5. The van der Waals surface area contributed by atoms with E-state index in [1.165, 1.54) is 0 Å². The minimum absolute atomic E-state index is 0.141. The fraction of sp³-hybridized carbons (Fsp3) is 0.529. The average Bonchev–Trinajstić information content (AvgIpc) is 2.47. The second-order valence-corrected chi connectivity index (χ2v) is 5.40. The third kappa shape index (κ3) is 5.67. The average molecular weight is 309 g/mol. The van der Waals surface area contributed by atoms with Gasteiger partial charge in [0.15, 0.2) is 17.8 Å². The molecule has 124 valence electrons. The molecule has 5 heteroatoms. The minimum atomic E-state index is -1.07. The summed E-state index contributed by atoms with van der Waals surface area (Å²) in [6, 6.07) is 4.21. The van der Waals surface area contributed by atoms with Crippen molar-refractivity contribution in [2.75, 3.05) is 13.7 Å². The van der Waals surface area contributed by atoms with Crippen molar-refractivity contribution in [3.05, 3.63) is 35.9 Å². The molecule has 0 aliphatic rings. The van der Waals surface area contributed by atoms with Gasteiger partial charge in [-0.25, -0.2) is 0 Å². The van der Waals surface area contributed by atoms with Crippen molar-refractivity contribution in [2.45, 2.75) is 45.6 Å². The third-order valence-electron chi connectivity index (χ3n) is 3.12. The van der Waals surface area contributed by atoms with Gasteiger partial charge in [-0.3, -0.25) is 0 Å². The van der Waals surface area contributed by atoms with Crippen LogP contribution >= 0.6 is 0 Å². The van der Waals surface area contributed by atoms with E-state index in [1.54, 1.807) is 7.11 Å². The zero-order chi connectivity index (χ0) is 16.5. The molecular weight excluding hydrogens is 282 g/mol. The molecule has 1 rings (SSSR count). The number of rotatable bonds is 10. The highest BCUT2D eigenvalue weighted by atomic mass is 16.6. The molecule has 0 aliphatic heterocycles. The van der Waals surface area contributed by atoms with Gasteiger partial charge in [-0.05, 0) is 18.1 Å². The van der Waals surface area contributed by atoms with Gasteiger partial charge in [0.1, 0.15) is 0 Å². The third-order valence-corrected chi connectivity index (χ3v) is 3.12. The largest absolute Gasteiger partial charge is 0.493 e. The number of hydrogen-bond acceptors (Lipinski definition) is 5. The molecule has 0 spiro atoms. The van der Waals surface area contributed by atoms with Crippen LogP contribution < -0.4 is 14.8 Å². The van der Waals surface area contributed by atoms with E-state index >= 15 is 0 Å². The fourth-order valence-electron chi connectivity index (χ4n) is 2.04. The first-order valence-corrected chi connectivity index (χ1v) is 7.51. The standard InChI is InChI=1S/C17H27NO4/c1-5-6-13-9-14(11-18-12(2)3)17(15(10-13)21-4)22-16(20)7-8-19/h5,9-10,12,16,18-20H,1,6-8,11H2,2-4H3. The van der Waals surface area contributed by atoms with Crippen LogP contribution in [0.1, 0.15) is 31.4 Å². The Morgan fingerprint density at radius 1 is 1.36 bits per heavy atom. The van der Waals surface area contributed by atoms with Crippen molar-refractivity contribution < 1.29 is 19.7 Å². The molecule has 0 radical (unpaired) electrons.